The zero-order chi connectivity index (χ0) is 22.0. The number of nitrogens with one attached hydrogen (secondary N) is 1. The van der Waals surface area contributed by atoms with Gasteiger partial charge in [-0.1, -0.05) is 42.3 Å². The average Bonchev–Trinajstić information content (AvgIpc) is 3.37. The van der Waals surface area contributed by atoms with Crippen molar-refractivity contribution in [2.45, 2.75) is 50.1 Å². The number of fused-ring (bicyclic) bond motifs is 2. The van der Waals surface area contributed by atoms with E-state index in [2.05, 4.69) is 11.9 Å². The molecular weight excluding hydrogens is 408 g/mol. The van der Waals surface area contributed by atoms with Crippen molar-refractivity contribution in [1.29, 1.82) is 0 Å². The Morgan fingerprint density at radius 3 is 2.39 bits per heavy atom. The first-order valence-electron chi connectivity index (χ1n) is 10.9. The fourth-order valence-electron chi connectivity index (χ4n) is 4.89. The topological polar surface area (TPSA) is 66.5 Å². The van der Waals surface area contributed by atoms with Gasteiger partial charge < -0.3 is 5.32 Å². The molecule has 0 spiro atoms. The molecule has 164 valence electrons. The molecule has 2 aliphatic rings. The van der Waals surface area contributed by atoms with E-state index in [4.69, 9.17) is 0 Å². The number of carbonyl (C=O) groups is 1. The first-order chi connectivity index (χ1) is 14.9. The van der Waals surface area contributed by atoms with Crippen LogP contribution in [0.25, 0.3) is 0 Å². The Bertz CT molecular complexity index is 1050. The van der Waals surface area contributed by atoms with E-state index in [1.807, 2.05) is 19.1 Å². The van der Waals surface area contributed by atoms with E-state index in [9.17, 15) is 13.2 Å². The van der Waals surface area contributed by atoms with Crippen LogP contribution >= 0.6 is 0 Å². The molecule has 2 aromatic rings. The minimum atomic E-state index is -3.64. The zero-order valence-electron chi connectivity index (χ0n) is 18.0. The second-order valence-electron chi connectivity index (χ2n) is 8.85. The third kappa shape index (κ3) is 4.75. The second-order valence-corrected chi connectivity index (χ2v) is 10.8. The number of hydrogen-bond donors (Lipinski definition) is 1. The highest BCUT2D eigenvalue weighted by atomic mass is 32.2. The van der Waals surface area contributed by atoms with E-state index >= 15 is 0 Å². The summed E-state index contributed by atoms with van der Waals surface area (Å²) in [5, 5.41) is 3.20. The molecule has 2 aliphatic carbocycles. The Hall–Kier alpha value is -2.44. The summed E-state index contributed by atoms with van der Waals surface area (Å²) >= 11 is 0. The first kappa shape index (κ1) is 21.8. The lowest BCUT2D eigenvalue weighted by atomic mass is 9.95. The van der Waals surface area contributed by atoms with Gasteiger partial charge in [-0.05, 0) is 67.9 Å². The Kier molecular flexibility index (Phi) is 6.30. The normalized spacial score (nSPS) is 22.6. The van der Waals surface area contributed by atoms with E-state index < -0.39 is 10.0 Å². The molecular formula is C25H30N2O3S. The summed E-state index contributed by atoms with van der Waals surface area (Å²) in [6, 6.07) is 14.4. The van der Waals surface area contributed by atoms with Crippen LogP contribution in [0, 0.1) is 18.8 Å². The standard InChI is InChI=1S/C25H30N2O3S/c1-3-14-27(31(29,30)23-12-4-18(2)5-13-23)17-19-6-9-21(10-7-19)25(28)26-24-16-20-8-11-22(24)15-20/h3-7,9-10,12-13,20,22,24H,1,8,11,14-17H2,2H3,(H,26,28)/t20-,22-,24-/m1/s1. The number of benzene rings is 2. The zero-order valence-corrected chi connectivity index (χ0v) is 18.8. The molecule has 2 bridgehead atoms. The van der Waals surface area contributed by atoms with E-state index in [0.717, 1.165) is 23.5 Å². The number of rotatable bonds is 8. The molecule has 2 aromatic carbocycles. The van der Waals surface area contributed by atoms with Crippen molar-refractivity contribution in [2.75, 3.05) is 6.54 Å². The molecule has 1 N–H and O–H groups in total. The van der Waals surface area contributed by atoms with Gasteiger partial charge in [-0.3, -0.25) is 4.79 Å². The quantitative estimate of drug-likeness (QED) is 0.625. The van der Waals surface area contributed by atoms with Gasteiger partial charge in [0.05, 0.1) is 4.90 Å². The minimum Gasteiger partial charge on any atom is -0.349 e. The minimum absolute atomic E-state index is 0.0423. The molecule has 5 nitrogen and oxygen atoms in total. The molecule has 0 heterocycles. The van der Waals surface area contributed by atoms with Crippen LogP contribution in [0.3, 0.4) is 0 Å². The highest BCUT2D eigenvalue weighted by Gasteiger charge is 2.40. The average molecular weight is 439 g/mol. The molecule has 1 amide bonds. The molecule has 31 heavy (non-hydrogen) atoms. The molecule has 4 rings (SSSR count). The highest BCUT2D eigenvalue weighted by molar-refractivity contribution is 7.89. The Balaban J connectivity index is 1.44. The summed E-state index contributed by atoms with van der Waals surface area (Å²) in [6.45, 7) is 6.06. The maximum atomic E-state index is 13.1. The Morgan fingerprint density at radius 1 is 1.10 bits per heavy atom. The van der Waals surface area contributed by atoms with Crippen LogP contribution in [0.1, 0.15) is 47.2 Å². The maximum absolute atomic E-state index is 13.1. The molecule has 2 fully saturated rings. The Labute approximate surface area is 185 Å². The van der Waals surface area contributed by atoms with Crippen molar-refractivity contribution in [1.82, 2.24) is 9.62 Å². The van der Waals surface area contributed by atoms with Gasteiger partial charge in [0.2, 0.25) is 10.0 Å². The monoisotopic (exact) mass is 438 g/mol. The third-order valence-corrected chi connectivity index (χ3v) is 8.45. The number of sulfonamides is 1. The van der Waals surface area contributed by atoms with Crippen LogP contribution in [0.5, 0.6) is 0 Å². The predicted molar refractivity (Wildman–Crippen MR) is 122 cm³/mol. The van der Waals surface area contributed by atoms with Gasteiger partial charge in [0.1, 0.15) is 0 Å². The first-order valence-corrected chi connectivity index (χ1v) is 12.4. The number of aryl methyl sites for hydroxylation is 1. The van der Waals surface area contributed by atoms with Crippen molar-refractivity contribution >= 4 is 15.9 Å². The van der Waals surface area contributed by atoms with Gasteiger partial charge in [0, 0.05) is 24.7 Å². The number of carbonyl (C=O) groups excluding carboxylic acids is 1. The predicted octanol–water partition coefficient (Wildman–Crippen LogP) is 4.29. The largest absolute Gasteiger partial charge is 0.349 e. The lowest BCUT2D eigenvalue weighted by molar-refractivity contribution is 0.0923. The lowest BCUT2D eigenvalue weighted by Crippen LogP contribution is -2.38. The van der Waals surface area contributed by atoms with E-state index in [1.165, 1.54) is 23.6 Å². The van der Waals surface area contributed by atoms with Gasteiger partial charge in [-0.15, -0.1) is 6.58 Å². The van der Waals surface area contributed by atoms with Gasteiger partial charge in [0.15, 0.2) is 0 Å². The van der Waals surface area contributed by atoms with Gasteiger partial charge in [0.25, 0.3) is 5.91 Å². The van der Waals surface area contributed by atoms with Gasteiger partial charge in [-0.2, -0.15) is 4.31 Å². The van der Waals surface area contributed by atoms with E-state index in [1.54, 1.807) is 42.5 Å². The summed E-state index contributed by atoms with van der Waals surface area (Å²) in [5.41, 5.74) is 2.45. The molecule has 3 atom stereocenters. The van der Waals surface area contributed by atoms with Crippen molar-refractivity contribution in [2.24, 2.45) is 11.8 Å². The van der Waals surface area contributed by atoms with E-state index in [-0.39, 0.29) is 23.9 Å². The van der Waals surface area contributed by atoms with Crippen LogP contribution in [-0.2, 0) is 16.6 Å². The molecule has 0 radical (unpaired) electrons. The second kappa shape index (κ2) is 8.97. The van der Waals surface area contributed by atoms with E-state index in [0.29, 0.717) is 17.5 Å². The van der Waals surface area contributed by atoms with Crippen molar-refractivity contribution < 1.29 is 13.2 Å². The van der Waals surface area contributed by atoms with Crippen molar-refractivity contribution in [3.63, 3.8) is 0 Å². The third-order valence-electron chi connectivity index (χ3n) is 6.62. The van der Waals surface area contributed by atoms with Crippen molar-refractivity contribution in [3.05, 3.63) is 77.9 Å². The molecule has 0 aliphatic heterocycles. The number of hydrogen-bond acceptors (Lipinski definition) is 3. The van der Waals surface area contributed by atoms with Gasteiger partial charge in [-0.25, -0.2) is 8.42 Å². The molecule has 0 saturated heterocycles. The Morgan fingerprint density at radius 2 is 1.81 bits per heavy atom. The lowest BCUT2D eigenvalue weighted by Gasteiger charge is -2.23. The van der Waals surface area contributed by atoms with Crippen LogP contribution in [0.4, 0.5) is 0 Å². The van der Waals surface area contributed by atoms with Crippen LogP contribution < -0.4 is 5.32 Å². The summed E-state index contributed by atoms with van der Waals surface area (Å²) in [5.74, 6) is 1.37. The molecule has 2 saturated carbocycles. The summed E-state index contributed by atoms with van der Waals surface area (Å²) in [7, 11) is -3.64. The van der Waals surface area contributed by atoms with Crippen LogP contribution in [0.2, 0.25) is 0 Å². The highest BCUT2D eigenvalue weighted by Crippen LogP contribution is 2.44. The molecule has 0 unspecified atom stereocenters. The SMILES string of the molecule is C=CCN(Cc1ccc(C(=O)N[C@@H]2C[C@@H]3CC[C@@H]2C3)cc1)S(=O)(=O)c1ccc(C)cc1. The summed E-state index contributed by atoms with van der Waals surface area (Å²) in [4.78, 5) is 12.9. The number of amides is 1. The summed E-state index contributed by atoms with van der Waals surface area (Å²) < 4.78 is 27.6. The molecule has 6 heteroatoms. The number of nitrogens with zero attached hydrogens (tertiary/aromatic N) is 1. The van der Waals surface area contributed by atoms with Gasteiger partial charge >= 0.3 is 0 Å². The summed E-state index contributed by atoms with van der Waals surface area (Å²) in [6.07, 6.45) is 6.46. The fourth-order valence-corrected chi connectivity index (χ4v) is 6.29. The maximum Gasteiger partial charge on any atom is 0.251 e. The van der Waals surface area contributed by atoms with Crippen LogP contribution in [0.15, 0.2) is 66.1 Å². The van der Waals surface area contributed by atoms with Crippen molar-refractivity contribution in [3.8, 4) is 0 Å². The fraction of sp³-hybridized carbons (Fsp3) is 0.400. The molecule has 0 aromatic heterocycles. The van der Waals surface area contributed by atoms with Crippen LogP contribution in [-0.4, -0.2) is 31.2 Å². The smallest absolute Gasteiger partial charge is 0.251 e.